The fourth-order valence-corrected chi connectivity index (χ4v) is 3.37. The summed E-state index contributed by atoms with van der Waals surface area (Å²) in [5.41, 5.74) is 1.67. The summed E-state index contributed by atoms with van der Waals surface area (Å²) in [6.45, 7) is 5.81. The van der Waals surface area contributed by atoms with Crippen LogP contribution in [0, 0.1) is 5.92 Å². The second-order valence-corrected chi connectivity index (χ2v) is 6.73. The maximum Gasteiger partial charge on any atom is 0.160 e. The first-order valence-electron chi connectivity index (χ1n) is 7.33. The van der Waals surface area contributed by atoms with Crippen molar-refractivity contribution in [3.05, 3.63) is 23.1 Å². The van der Waals surface area contributed by atoms with Crippen LogP contribution in [0.1, 0.15) is 43.9 Å². The van der Waals surface area contributed by atoms with E-state index in [-0.39, 0.29) is 5.38 Å². The summed E-state index contributed by atoms with van der Waals surface area (Å²) in [4.78, 5) is 9.12. The molecule has 2 aromatic heterocycles. The van der Waals surface area contributed by atoms with Crippen molar-refractivity contribution in [2.24, 2.45) is 5.92 Å². The highest BCUT2D eigenvalue weighted by molar-refractivity contribution is 6.31. The summed E-state index contributed by atoms with van der Waals surface area (Å²) in [6.07, 6.45) is 3.79. The summed E-state index contributed by atoms with van der Waals surface area (Å²) in [6, 6.07) is 2.14. The van der Waals surface area contributed by atoms with E-state index in [0.29, 0.717) is 17.0 Å². The highest BCUT2D eigenvalue weighted by Crippen LogP contribution is 2.34. The van der Waals surface area contributed by atoms with E-state index in [1.54, 1.807) is 6.20 Å². The zero-order chi connectivity index (χ0) is 15.0. The Morgan fingerprint density at radius 2 is 2.05 bits per heavy atom. The van der Waals surface area contributed by atoms with Gasteiger partial charge in [-0.15, -0.1) is 11.6 Å². The summed E-state index contributed by atoms with van der Waals surface area (Å²) in [5, 5.41) is 0.430. The largest absolute Gasteiger partial charge is 0.381 e. The van der Waals surface area contributed by atoms with Crippen LogP contribution < -0.4 is 0 Å². The maximum absolute atomic E-state index is 6.33. The van der Waals surface area contributed by atoms with E-state index in [1.807, 2.05) is 13.0 Å². The third-order valence-electron chi connectivity index (χ3n) is 4.24. The van der Waals surface area contributed by atoms with Crippen molar-refractivity contribution in [1.82, 2.24) is 14.5 Å². The van der Waals surface area contributed by atoms with Gasteiger partial charge in [0, 0.05) is 25.5 Å². The molecule has 0 aromatic carbocycles. The minimum absolute atomic E-state index is 0.166. The number of imidazole rings is 1. The molecule has 114 valence electrons. The first-order chi connectivity index (χ1) is 10.1. The van der Waals surface area contributed by atoms with Gasteiger partial charge >= 0.3 is 0 Å². The third-order valence-corrected chi connectivity index (χ3v) is 4.64. The first-order valence-corrected chi connectivity index (χ1v) is 8.14. The Kier molecular flexibility index (Phi) is 4.38. The highest BCUT2D eigenvalue weighted by Gasteiger charge is 2.27. The average Bonchev–Trinajstić information content (AvgIpc) is 2.86. The molecule has 0 aliphatic carbocycles. The van der Waals surface area contributed by atoms with Gasteiger partial charge < -0.3 is 9.30 Å². The smallest absolute Gasteiger partial charge is 0.160 e. The standard InChI is InChI=1S/C15H19Cl2N3O/c1-9(16)14-19-13-7-12(17)8-18-15(13)20(14)10(2)11-3-5-21-6-4-11/h7-11H,3-6H2,1-2H3. The Morgan fingerprint density at radius 1 is 1.33 bits per heavy atom. The van der Waals surface area contributed by atoms with Gasteiger partial charge in [-0.1, -0.05) is 11.6 Å². The van der Waals surface area contributed by atoms with Crippen molar-refractivity contribution < 1.29 is 4.74 Å². The maximum atomic E-state index is 6.33. The number of aromatic nitrogens is 3. The monoisotopic (exact) mass is 327 g/mol. The summed E-state index contributed by atoms with van der Waals surface area (Å²) in [7, 11) is 0. The zero-order valence-electron chi connectivity index (χ0n) is 12.2. The molecule has 0 radical (unpaired) electrons. The lowest BCUT2D eigenvalue weighted by Gasteiger charge is -2.30. The van der Waals surface area contributed by atoms with Crippen LogP contribution in [0.3, 0.4) is 0 Å². The number of nitrogens with zero attached hydrogens (tertiary/aromatic N) is 3. The molecule has 2 atom stereocenters. The number of hydrogen-bond donors (Lipinski definition) is 0. The first kappa shape index (κ1) is 15.1. The number of alkyl halides is 1. The van der Waals surface area contributed by atoms with E-state index in [2.05, 4.69) is 21.5 Å². The van der Waals surface area contributed by atoms with Crippen LogP contribution in [-0.2, 0) is 4.74 Å². The zero-order valence-corrected chi connectivity index (χ0v) is 13.7. The Balaban J connectivity index is 2.07. The molecule has 1 fully saturated rings. The Hall–Kier alpha value is -0.840. The van der Waals surface area contributed by atoms with Gasteiger partial charge in [-0.3, -0.25) is 0 Å². The van der Waals surface area contributed by atoms with Gasteiger partial charge in [0.05, 0.1) is 10.4 Å². The van der Waals surface area contributed by atoms with Crippen molar-refractivity contribution in [2.45, 2.75) is 38.1 Å². The predicted molar refractivity (Wildman–Crippen MR) is 85.1 cm³/mol. The van der Waals surface area contributed by atoms with Gasteiger partial charge in [-0.2, -0.15) is 0 Å². The summed E-state index contributed by atoms with van der Waals surface area (Å²) < 4.78 is 7.64. The van der Waals surface area contributed by atoms with E-state index in [4.69, 9.17) is 27.9 Å². The lowest BCUT2D eigenvalue weighted by atomic mass is 9.92. The molecule has 0 spiro atoms. The van der Waals surface area contributed by atoms with Crippen molar-refractivity contribution in [3.63, 3.8) is 0 Å². The van der Waals surface area contributed by atoms with Crippen LogP contribution >= 0.6 is 23.2 Å². The minimum atomic E-state index is -0.166. The molecule has 21 heavy (non-hydrogen) atoms. The molecular weight excluding hydrogens is 309 g/mol. The van der Waals surface area contributed by atoms with Crippen molar-refractivity contribution >= 4 is 34.4 Å². The lowest BCUT2D eigenvalue weighted by Crippen LogP contribution is -2.25. The topological polar surface area (TPSA) is 39.9 Å². The third kappa shape index (κ3) is 2.89. The van der Waals surface area contributed by atoms with Crippen LogP contribution in [0.5, 0.6) is 0 Å². The van der Waals surface area contributed by atoms with Gasteiger partial charge in [0.25, 0.3) is 0 Å². The van der Waals surface area contributed by atoms with E-state index >= 15 is 0 Å². The van der Waals surface area contributed by atoms with Crippen LogP contribution in [0.2, 0.25) is 5.02 Å². The van der Waals surface area contributed by atoms with E-state index < -0.39 is 0 Å². The molecule has 3 heterocycles. The minimum Gasteiger partial charge on any atom is -0.381 e. The Labute approximate surface area is 134 Å². The number of halogens is 2. The predicted octanol–water partition coefficient (Wildman–Crippen LogP) is 4.37. The van der Waals surface area contributed by atoms with E-state index in [1.165, 1.54) is 0 Å². The second kappa shape index (κ2) is 6.11. The fourth-order valence-electron chi connectivity index (χ4n) is 3.07. The second-order valence-electron chi connectivity index (χ2n) is 5.64. The summed E-state index contributed by atoms with van der Waals surface area (Å²) >= 11 is 12.4. The van der Waals surface area contributed by atoms with Crippen molar-refractivity contribution in [2.75, 3.05) is 13.2 Å². The highest BCUT2D eigenvalue weighted by atomic mass is 35.5. The SMILES string of the molecule is CC(Cl)c1nc2cc(Cl)cnc2n1C(C)C1CCOCC1. The molecule has 3 rings (SSSR count). The van der Waals surface area contributed by atoms with E-state index in [9.17, 15) is 0 Å². The molecule has 2 unspecified atom stereocenters. The quantitative estimate of drug-likeness (QED) is 0.786. The van der Waals surface area contributed by atoms with Gasteiger partial charge in [0.15, 0.2) is 5.65 Å². The molecule has 1 aliphatic rings. The van der Waals surface area contributed by atoms with Gasteiger partial charge in [0.1, 0.15) is 11.3 Å². The number of fused-ring (bicyclic) bond motifs is 1. The van der Waals surface area contributed by atoms with Crippen LogP contribution in [0.4, 0.5) is 0 Å². The number of pyridine rings is 1. The summed E-state index contributed by atoms with van der Waals surface area (Å²) in [5.74, 6) is 1.42. The lowest BCUT2D eigenvalue weighted by molar-refractivity contribution is 0.0514. The van der Waals surface area contributed by atoms with Crippen molar-refractivity contribution in [1.29, 1.82) is 0 Å². The molecule has 0 amide bonds. The van der Waals surface area contributed by atoms with Gasteiger partial charge in [-0.25, -0.2) is 9.97 Å². The number of hydrogen-bond acceptors (Lipinski definition) is 3. The molecule has 4 nitrogen and oxygen atoms in total. The van der Waals surface area contributed by atoms with Gasteiger partial charge in [0.2, 0.25) is 0 Å². The van der Waals surface area contributed by atoms with Gasteiger partial charge in [-0.05, 0) is 38.7 Å². The number of ether oxygens (including phenoxy) is 1. The molecule has 0 bridgehead atoms. The van der Waals surface area contributed by atoms with E-state index in [0.717, 1.165) is 43.0 Å². The molecular formula is C15H19Cl2N3O. The molecule has 6 heteroatoms. The van der Waals surface area contributed by atoms with Crippen LogP contribution in [0.15, 0.2) is 12.3 Å². The normalized spacial score (nSPS) is 19.8. The van der Waals surface area contributed by atoms with Crippen LogP contribution in [-0.4, -0.2) is 27.7 Å². The van der Waals surface area contributed by atoms with Crippen LogP contribution in [0.25, 0.3) is 11.2 Å². The number of rotatable bonds is 3. The molecule has 1 aliphatic heterocycles. The Morgan fingerprint density at radius 3 is 2.71 bits per heavy atom. The Bertz CT molecular complexity index is 635. The fraction of sp³-hybridized carbons (Fsp3) is 0.600. The molecule has 1 saturated heterocycles. The molecule has 2 aromatic rings. The average molecular weight is 328 g/mol. The molecule has 0 saturated carbocycles. The van der Waals surface area contributed by atoms with Crippen molar-refractivity contribution in [3.8, 4) is 0 Å². The molecule has 0 N–H and O–H groups in total.